The number of benzene rings is 1. The van der Waals surface area contributed by atoms with Crippen molar-refractivity contribution < 1.29 is 33.8 Å². The van der Waals surface area contributed by atoms with Crippen molar-refractivity contribution in [3.05, 3.63) is 42.0 Å². The molecule has 6 atom stereocenters. The predicted molar refractivity (Wildman–Crippen MR) is 169 cm³/mol. The van der Waals surface area contributed by atoms with Crippen molar-refractivity contribution in [3.63, 3.8) is 0 Å². The van der Waals surface area contributed by atoms with Gasteiger partial charge in [-0.2, -0.15) is 0 Å². The zero-order valence-electron chi connectivity index (χ0n) is 26.9. The third-order valence-electron chi connectivity index (χ3n) is 10.1. The van der Waals surface area contributed by atoms with Gasteiger partial charge in [0.2, 0.25) is 11.8 Å². The number of ether oxygens (including phenoxy) is 1. The summed E-state index contributed by atoms with van der Waals surface area (Å²) in [6, 6.07) is 5.80. The summed E-state index contributed by atoms with van der Waals surface area (Å²) in [4.78, 5) is 72.6. The smallest absolute Gasteiger partial charge is 0.408 e. The van der Waals surface area contributed by atoms with Crippen LogP contribution in [0.4, 0.5) is 15.3 Å². The molecule has 1 aromatic carbocycles. The maximum absolute atomic E-state index is 14.3. The molecule has 4 heterocycles. The van der Waals surface area contributed by atoms with Crippen LogP contribution in [-0.2, 0) is 25.5 Å². The van der Waals surface area contributed by atoms with Crippen molar-refractivity contribution in [2.45, 2.75) is 88.9 Å². The fraction of sp³-hybridized carbons (Fsp3) is 0.618. The summed E-state index contributed by atoms with van der Waals surface area (Å²) in [5.74, 6) is -2.94. The molecule has 12 nitrogen and oxygen atoms in total. The minimum Gasteiger partial charge on any atom is -0.479 e. The van der Waals surface area contributed by atoms with Crippen LogP contribution in [0.2, 0.25) is 0 Å². The summed E-state index contributed by atoms with van der Waals surface area (Å²) in [5, 5.41) is 15.8. The zero-order chi connectivity index (χ0) is 32.8. The third kappa shape index (κ3) is 6.18. The van der Waals surface area contributed by atoms with Crippen LogP contribution in [0.15, 0.2) is 36.4 Å². The first-order valence-electron chi connectivity index (χ1n) is 16.5. The van der Waals surface area contributed by atoms with Crippen LogP contribution in [0.25, 0.3) is 0 Å². The van der Waals surface area contributed by atoms with E-state index >= 15 is 0 Å². The van der Waals surface area contributed by atoms with Crippen molar-refractivity contribution in [1.29, 1.82) is 0 Å². The molecule has 1 aliphatic carbocycles. The van der Waals surface area contributed by atoms with E-state index in [9.17, 15) is 29.1 Å². The second kappa shape index (κ2) is 12.3. The number of likely N-dealkylation sites (tertiary alicyclic amines) is 1. The first-order chi connectivity index (χ1) is 21.9. The fourth-order valence-electron chi connectivity index (χ4n) is 7.68. The number of nitrogens with one attached hydrogen (secondary N) is 2. The maximum Gasteiger partial charge on any atom is 0.408 e. The van der Waals surface area contributed by atoms with Crippen LogP contribution >= 0.6 is 0 Å². The number of urea groups is 1. The molecular weight excluding hydrogens is 590 g/mol. The quantitative estimate of drug-likeness (QED) is 0.423. The van der Waals surface area contributed by atoms with Gasteiger partial charge < -0.3 is 30.3 Å². The molecule has 0 unspecified atom stereocenters. The summed E-state index contributed by atoms with van der Waals surface area (Å²) in [5.41, 5.74) is -0.184. The molecular formula is C34H45N5O7. The highest BCUT2D eigenvalue weighted by molar-refractivity contribution is 5.97. The number of para-hydroxylation sites is 1. The monoisotopic (exact) mass is 635 g/mol. The van der Waals surface area contributed by atoms with E-state index in [0.717, 1.165) is 36.9 Å². The molecule has 0 aromatic heterocycles. The van der Waals surface area contributed by atoms with Gasteiger partial charge in [-0.3, -0.25) is 14.5 Å². The van der Waals surface area contributed by atoms with Gasteiger partial charge >= 0.3 is 18.1 Å². The number of rotatable bonds is 2. The van der Waals surface area contributed by atoms with E-state index in [-0.39, 0.29) is 43.3 Å². The second-order valence-electron chi connectivity index (χ2n) is 14.4. The highest BCUT2D eigenvalue weighted by atomic mass is 16.6. The number of alkyl carbamates (subject to hydrolysis) is 1. The number of amides is 5. The molecule has 3 fully saturated rings. The molecule has 5 amide bonds. The largest absolute Gasteiger partial charge is 0.479 e. The Kier molecular flexibility index (Phi) is 8.49. The van der Waals surface area contributed by atoms with Crippen LogP contribution < -0.4 is 15.5 Å². The lowest BCUT2D eigenvalue weighted by molar-refractivity contribution is -0.146. The number of carboxylic acids is 1. The molecule has 0 radical (unpaired) electrons. The van der Waals surface area contributed by atoms with Gasteiger partial charge in [0.15, 0.2) is 0 Å². The number of hydrogen-bond acceptors (Lipinski definition) is 6. The van der Waals surface area contributed by atoms with Crippen LogP contribution in [0.1, 0.15) is 64.9 Å². The number of carbonyl (C=O) groups excluding carboxylic acids is 4. The van der Waals surface area contributed by atoms with Gasteiger partial charge in [0, 0.05) is 49.6 Å². The normalized spacial score (nSPS) is 31.8. The lowest BCUT2D eigenvalue weighted by atomic mass is 9.93. The van der Waals surface area contributed by atoms with E-state index in [2.05, 4.69) is 10.6 Å². The van der Waals surface area contributed by atoms with Crippen LogP contribution in [0, 0.1) is 17.8 Å². The van der Waals surface area contributed by atoms with Crippen molar-refractivity contribution in [3.8, 4) is 0 Å². The van der Waals surface area contributed by atoms with Crippen LogP contribution in [0.5, 0.6) is 0 Å². The van der Waals surface area contributed by atoms with Crippen molar-refractivity contribution >= 4 is 35.6 Å². The average Bonchev–Trinajstić information content (AvgIpc) is 3.29. The number of aliphatic carboxylic acids is 1. The standard InChI is InChI=1S/C34H45N5O7/c1-33(2,3)46-31(44)35-25-13-8-6-4-5-7-12-23-17-34(23,30(42)43)36-28(40)27-24-20-37(18-22(24)19-39(27)29(25)41)32(45)38-16-15-21-11-9-10-14-26(21)38/h7,9-12,14,22-25,27H,4-6,8,13,15-20H2,1-3H3,(H,35,44)(H,36,40)(H,42,43)/b12-7-/t22-,23+,24-,25+,27-,34-/m0/s1. The number of nitrogens with zero attached hydrogens (tertiary/aromatic N) is 3. The minimum atomic E-state index is -1.43. The molecule has 3 N–H and O–H groups in total. The van der Waals surface area contributed by atoms with E-state index in [1.807, 2.05) is 36.4 Å². The summed E-state index contributed by atoms with van der Waals surface area (Å²) >= 11 is 0. The first kappa shape index (κ1) is 31.9. The Morgan fingerprint density at radius 3 is 2.61 bits per heavy atom. The number of carboxylic acid groups (broad SMARTS) is 1. The number of fused-ring (bicyclic) bond motifs is 5. The van der Waals surface area contributed by atoms with E-state index < -0.39 is 47.1 Å². The van der Waals surface area contributed by atoms with Crippen molar-refractivity contribution in [1.82, 2.24) is 20.4 Å². The molecule has 248 valence electrons. The van der Waals surface area contributed by atoms with Gasteiger partial charge in [-0.25, -0.2) is 14.4 Å². The topological polar surface area (TPSA) is 149 Å². The Bertz CT molecular complexity index is 1440. The number of anilines is 1. The lowest BCUT2D eigenvalue weighted by Gasteiger charge is -2.33. The summed E-state index contributed by atoms with van der Waals surface area (Å²) in [6.07, 6.45) is 7.68. The minimum absolute atomic E-state index is 0.131. The van der Waals surface area contributed by atoms with Gasteiger partial charge in [0.05, 0.1) is 0 Å². The molecule has 1 aromatic rings. The highest BCUT2D eigenvalue weighted by Gasteiger charge is 2.63. The highest BCUT2D eigenvalue weighted by Crippen LogP contribution is 2.46. The number of carbonyl (C=O) groups is 5. The van der Waals surface area contributed by atoms with E-state index in [0.29, 0.717) is 25.9 Å². The molecule has 6 rings (SSSR count). The van der Waals surface area contributed by atoms with Gasteiger partial charge in [0.25, 0.3) is 0 Å². The Morgan fingerprint density at radius 1 is 1.07 bits per heavy atom. The van der Waals surface area contributed by atoms with Gasteiger partial charge in [-0.1, -0.05) is 43.2 Å². The van der Waals surface area contributed by atoms with E-state index in [1.165, 1.54) is 4.90 Å². The SMILES string of the molecule is CC(C)(C)OC(=O)N[C@@H]1CCCCC/C=C\[C@@H]2C[C@]2(C(=O)O)NC(=O)[C@@H]2[C@H]3CN(C(=O)N4CCc5ccccc54)C[C@H]3CN2C1=O. The molecule has 12 heteroatoms. The van der Waals surface area contributed by atoms with Gasteiger partial charge in [0.1, 0.15) is 23.2 Å². The Morgan fingerprint density at radius 2 is 1.85 bits per heavy atom. The molecule has 46 heavy (non-hydrogen) atoms. The fourth-order valence-corrected chi connectivity index (χ4v) is 7.68. The van der Waals surface area contributed by atoms with E-state index in [1.54, 1.807) is 30.6 Å². The molecule has 0 bridgehead atoms. The molecule has 2 saturated heterocycles. The summed E-state index contributed by atoms with van der Waals surface area (Å²) < 4.78 is 5.47. The lowest BCUT2D eigenvalue weighted by Crippen LogP contribution is -2.58. The van der Waals surface area contributed by atoms with Crippen LogP contribution in [0.3, 0.4) is 0 Å². The zero-order valence-corrected chi connectivity index (χ0v) is 26.9. The molecule has 1 saturated carbocycles. The third-order valence-corrected chi connectivity index (χ3v) is 10.1. The molecule has 0 spiro atoms. The van der Waals surface area contributed by atoms with Gasteiger partial charge in [-0.15, -0.1) is 0 Å². The van der Waals surface area contributed by atoms with E-state index in [4.69, 9.17) is 4.74 Å². The average molecular weight is 636 g/mol. The summed E-state index contributed by atoms with van der Waals surface area (Å²) in [7, 11) is 0. The Hall–Kier alpha value is -4.09. The summed E-state index contributed by atoms with van der Waals surface area (Å²) in [6.45, 7) is 6.67. The second-order valence-corrected chi connectivity index (χ2v) is 14.4. The maximum atomic E-state index is 14.3. The molecule has 5 aliphatic rings. The molecule has 4 aliphatic heterocycles. The predicted octanol–water partition coefficient (Wildman–Crippen LogP) is 3.30. The number of hydrogen-bond donors (Lipinski definition) is 3. The van der Waals surface area contributed by atoms with Gasteiger partial charge in [-0.05, 0) is 64.5 Å². The Labute approximate surface area is 269 Å². The van der Waals surface area contributed by atoms with Crippen molar-refractivity contribution in [2.75, 3.05) is 31.1 Å². The Balaban J connectivity index is 1.27. The first-order valence-corrected chi connectivity index (χ1v) is 16.5. The van der Waals surface area contributed by atoms with Crippen molar-refractivity contribution in [2.24, 2.45) is 17.8 Å². The number of allylic oxidation sites excluding steroid dienone is 1. The van der Waals surface area contributed by atoms with Crippen LogP contribution in [-0.4, -0.2) is 94.2 Å².